The monoisotopic (exact) mass is 335 g/mol. The Labute approximate surface area is 145 Å². The number of benzene rings is 2. The average Bonchev–Trinajstić information content (AvgIpc) is 3.03. The van der Waals surface area contributed by atoms with E-state index in [0.717, 1.165) is 16.5 Å². The van der Waals surface area contributed by atoms with Gasteiger partial charge in [-0.15, -0.1) is 6.42 Å². The van der Waals surface area contributed by atoms with Crippen molar-refractivity contribution in [1.82, 2.24) is 10.2 Å². The van der Waals surface area contributed by atoms with Crippen molar-refractivity contribution in [2.75, 3.05) is 18.5 Å². The van der Waals surface area contributed by atoms with Crippen LogP contribution in [0.1, 0.15) is 5.56 Å². The van der Waals surface area contributed by atoms with Gasteiger partial charge < -0.3 is 14.8 Å². The van der Waals surface area contributed by atoms with Gasteiger partial charge in [-0.25, -0.2) is 0 Å². The zero-order valence-electron chi connectivity index (χ0n) is 13.5. The van der Waals surface area contributed by atoms with Crippen LogP contribution >= 0.6 is 0 Å². The molecule has 0 saturated carbocycles. The van der Waals surface area contributed by atoms with Gasteiger partial charge in [-0.1, -0.05) is 36.3 Å². The van der Waals surface area contributed by atoms with E-state index in [9.17, 15) is 4.79 Å². The van der Waals surface area contributed by atoms with E-state index in [-0.39, 0.29) is 19.1 Å². The zero-order valence-corrected chi connectivity index (χ0v) is 13.5. The lowest BCUT2D eigenvalue weighted by Gasteiger charge is -2.05. The van der Waals surface area contributed by atoms with Gasteiger partial charge in [-0.3, -0.25) is 9.89 Å². The Balaban J connectivity index is 1.57. The van der Waals surface area contributed by atoms with Crippen LogP contribution in [0.3, 0.4) is 0 Å². The summed E-state index contributed by atoms with van der Waals surface area (Å²) in [4.78, 5) is 12.0. The molecule has 6 heteroatoms. The van der Waals surface area contributed by atoms with Crippen LogP contribution in [0, 0.1) is 12.3 Å². The molecule has 0 bridgehead atoms. The highest BCUT2D eigenvalue weighted by Gasteiger charge is 2.10. The molecule has 0 spiro atoms. The van der Waals surface area contributed by atoms with Gasteiger partial charge in [0.05, 0.1) is 12.1 Å². The van der Waals surface area contributed by atoms with Gasteiger partial charge in [-0.2, -0.15) is 5.10 Å². The van der Waals surface area contributed by atoms with Crippen LogP contribution in [0.2, 0.25) is 0 Å². The van der Waals surface area contributed by atoms with Gasteiger partial charge in [-0.05, 0) is 17.7 Å². The molecule has 2 aromatic carbocycles. The number of anilines is 1. The van der Waals surface area contributed by atoms with Crippen LogP contribution in [0.5, 0.6) is 5.75 Å². The summed E-state index contributed by atoms with van der Waals surface area (Å²) in [6.07, 6.45) is 5.17. The van der Waals surface area contributed by atoms with E-state index in [2.05, 4.69) is 21.4 Å². The Hall–Kier alpha value is -3.30. The second-order valence-corrected chi connectivity index (χ2v) is 5.30. The van der Waals surface area contributed by atoms with Crippen molar-refractivity contribution < 1.29 is 14.3 Å². The molecule has 0 unspecified atom stereocenters. The maximum atomic E-state index is 12.0. The van der Waals surface area contributed by atoms with E-state index in [1.807, 2.05) is 36.4 Å². The molecule has 0 aliphatic heterocycles. The van der Waals surface area contributed by atoms with Crippen LogP contribution < -0.4 is 10.1 Å². The van der Waals surface area contributed by atoms with Gasteiger partial charge in [0.2, 0.25) is 0 Å². The van der Waals surface area contributed by atoms with Crippen molar-refractivity contribution >= 4 is 22.6 Å². The molecule has 126 valence electrons. The number of aromatic amines is 1. The van der Waals surface area contributed by atoms with E-state index in [0.29, 0.717) is 18.2 Å². The van der Waals surface area contributed by atoms with Gasteiger partial charge in [0.25, 0.3) is 5.91 Å². The van der Waals surface area contributed by atoms with Crippen molar-refractivity contribution in [3.63, 3.8) is 0 Å². The Kier molecular flexibility index (Phi) is 5.29. The first-order valence-electron chi connectivity index (χ1n) is 7.72. The second kappa shape index (κ2) is 7.99. The highest BCUT2D eigenvalue weighted by Crippen LogP contribution is 2.24. The minimum Gasteiger partial charge on any atom is -0.481 e. The molecule has 3 rings (SSSR count). The van der Waals surface area contributed by atoms with Crippen LogP contribution in [0.4, 0.5) is 5.82 Å². The molecular formula is C19H17N3O3. The number of amides is 1. The van der Waals surface area contributed by atoms with E-state index in [4.69, 9.17) is 15.9 Å². The molecule has 6 nitrogen and oxygen atoms in total. The summed E-state index contributed by atoms with van der Waals surface area (Å²) in [5, 5.41) is 10.5. The molecule has 0 atom stereocenters. The number of terminal acetylenes is 1. The number of ether oxygens (including phenoxy) is 2. The van der Waals surface area contributed by atoms with E-state index in [1.54, 1.807) is 12.1 Å². The number of carbonyl (C=O) groups is 1. The standard InChI is InChI=1S/C19H17N3O3/c1-2-10-25-15-8-9-16-17(11-15)21-22-19(16)20-18(23)13-24-12-14-6-4-3-5-7-14/h1,3-9,11H,10,12-13H2,(H2,20,21,22,23). The fourth-order valence-electron chi connectivity index (χ4n) is 2.31. The number of rotatable bonds is 7. The van der Waals surface area contributed by atoms with Crippen LogP contribution in [-0.2, 0) is 16.1 Å². The van der Waals surface area contributed by atoms with Crippen molar-refractivity contribution in [2.24, 2.45) is 0 Å². The lowest BCUT2D eigenvalue weighted by molar-refractivity contribution is -0.121. The maximum Gasteiger partial charge on any atom is 0.251 e. The third kappa shape index (κ3) is 4.37. The number of hydrogen-bond donors (Lipinski definition) is 2. The van der Waals surface area contributed by atoms with Crippen molar-refractivity contribution in [2.45, 2.75) is 6.61 Å². The highest BCUT2D eigenvalue weighted by atomic mass is 16.5. The molecule has 0 radical (unpaired) electrons. The third-order valence-corrected chi connectivity index (χ3v) is 3.46. The smallest absolute Gasteiger partial charge is 0.251 e. The van der Waals surface area contributed by atoms with Gasteiger partial charge in [0.1, 0.15) is 19.0 Å². The van der Waals surface area contributed by atoms with E-state index >= 15 is 0 Å². The molecule has 1 amide bonds. The van der Waals surface area contributed by atoms with Crippen LogP contribution in [-0.4, -0.2) is 29.3 Å². The van der Waals surface area contributed by atoms with Crippen LogP contribution in [0.15, 0.2) is 48.5 Å². The van der Waals surface area contributed by atoms with E-state index in [1.165, 1.54) is 0 Å². The SMILES string of the molecule is C#CCOc1ccc2c(NC(=O)COCc3ccccc3)n[nH]c2c1. The van der Waals surface area contributed by atoms with E-state index < -0.39 is 0 Å². The summed E-state index contributed by atoms with van der Waals surface area (Å²) in [5.41, 5.74) is 1.76. The number of fused-ring (bicyclic) bond motifs is 1. The second-order valence-electron chi connectivity index (χ2n) is 5.30. The lowest BCUT2D eigenvalue weighted by atomic mass is 10.2. The maximum absolute atomic E-state index is 12.0. The topological polar surface area (TPSA) is 76.2 Å². The minimum absolute atomic E-state index is 0.0490. The Morgan fingerprint density at radius 3 is 2.88 bits per heavy atom. The fraction of sp³-hybridized carbons (Fsp3) is 0.158. The van der Waals surface area contributed by atoms with Crippen molar-refractivity contribution in [3.8, 4) is 18.1 Å². The first-order chi connectivity index (χ1) is 12.3. The molecular weight excluding hydrogens is 318 g/mol. The number of nitrogens with zero attached hydrogens (tertiary/aromatic N) is 1. The average molecular weight is 335 g/mol. The first kappa shape index (κ1) is 16.6. The zero-order chi connectivity index (χ0) is 17.5. The molecule has 0 saturated heterocycles. The summed E-state index contributed by atoms with van der Waals surface area (Å²) < 4.78 is 10.8. The number of H-pyrrole nitrogens is 1. The van der Waals surface area contributed by atoms with Gasteiger partial charge in [0, 0.05) is 11.5 Å². The number of carbonyl (C=O) groups excluding carboxylic acids is 1. The number of hydrogen-bond acceptors (Lipinski definition) is 4. The Morgan fingerprint density at radius 1 is 1.24 bits per heavy atom. The summed E-state index contributed by atoms with van der Waals surface area (Å²) in [6, 6.07) is 15.0. The molecule has 3 aromatic rings. The summed E-state index contributed by atoms with van der Waals surface area (Å²) >= 11 is 0. The Bertz CT molecular complexity index is 897. The number of nitrogens with one attached hydrogen (secondary N) is 2. The quantitative estimate of drug-likeness (QED) is 0.651. The van der Waals surface area contributed by atoms with Crippen molar-refractivity contribution in [1.29, 1.82) is 0 Å². The highest BCUT2D eigenvalue weighted by molar-refractivity contribution is 6.00. The van der Waals surface area contributed by atoms with Crippen molar-refractivity contribution in [3.05, 3.63) is 54.1 Å². The molecule has 0 aliphatic carbocycles. The Morgan fingerprint density at radius 2 is 2.08 bits per heavy atom. The largest absolute Gasteiger partial charge is 0.481 e. The molecule has 1 heterocycles. The molecule has 0 fully saturated rings. The normalized spacial score (nSPS) is 10.4. The van der Waals surface area contributed by atoms with Gasteiger partial charge in [0.15, 0.2) is 5.82 Å². The lowest BCUT2D eigenvalue weighted by Crippen LogP contribution is -2.18. The summed E-state index contributed by atoms with van der Waals surface area (Å²) in [7, 11) is 0. The predicted octanol–water partition coefficient (Wildman–Crippen LogP) is 2.73. The van der Waals surface area contributed by atoms with Crippen LogP contribution in [0.25, 0.3) is 10.9 Å². The predicted molar refractivity (Wildman–Crippen MR) is 95.1 cm³/mol. The molecule has 0 aliphatic rings. The fourth-order valence-corrected chi connectivity index (χ4v) is 2.31. The minimum atomic E-state index is -0.267. The third-order valence-electron chi connectivity index (χ3n) is 3.46. The number of aromatic nitrogens is 2. The summed E-state index contributed by atoms with van der Waals surface area (Å²) in [5.74, 6) is 3.23. The molecule has 1 aromatic heterocycles. The van der Waals surface area contributed by atoms with Gasteiger partial charge >= 0.3 is 0 Å². The molecule has 2 N–H and O–H groups in total. The molecule has 25 heavy (non-hydrogen) atoms. The summed E-state index contributed by atoms with van der Waals surface area (Å²) in [6.45, 7) is 0.528. The first-order valence-corrected chi connectivity index (χ1v) is 7.72.